The number of amides is 1. The maximum absolute atomic E-state index is 13.6. The van der Waals surface area contributed by atoms with Crippen LogP contribution in [0, 0.1) is 5.92 Å². The number of carbonyl (C=O) groups is 1. The summed E-state index contributed by atoms with van der Waals surface area (Å²) < 4.78 is 2.09. The van der Waals surface area contributed by atoms with Gasteiger partial charge in [-0.2, -0.15) is 0 Å². The molecule has 0 N–H and O–H groups in total. The molecule has 180 valence electrons. The number of piperidine rings is 1. The van der Waals surface area contributed by atoms with E-state index in [1.807, 2.05) is 31.2 Å². The molecule has 35 heavy (non-hydrogen) atoms. The molecule has 1 amide bonds. The predicted octanol–water partition coefficient (Wildman–Crippen LogP) is 4.76. The van der Waals surface area contributed by atoms with Crippen molar-refractivity contribution in [2.24, 2.45) is 5.92 Å². The van der Waals surface area contributed by atoms with Gasteiger partial charge in [-0.15, -0.1) is 0 Å². The van der Waals surface area contributed by atoms with Gasteiger partial charge in [-0.1, -0.05) is 67.3 Å². The molecule has 0 bridgehead atoms. The van der Waals surface area contributed by atoms with Crippen molar-refractivity contribution in [2.45, 2.75) is 32.6 Å². The monoisotopic (exact) mass is 504 g/mol. The molecule has 2 saturated heterocycles. The van der Waals surface area contributed by atoms with E-state index in [0.29, 0.717) is 38.7 Å². The highest BCUT2D eigenvalue weighted by Gasteiger charge is 2.32. The number of benzene rings is 1. The van der Waals surface area contributed by atoms with Gasteiger partial charge >= 0.3 is 0 Å². The number of rotatable bonds is 6. The Balaban J connectivity index is 1.47. The Hall–Kier alpha value is -2.97. The summed E-state index contributed by atoms with van der Waals surface area (Å²) in [4.78, 5) is 35.8. The molecule has 2 aromatic heterocycles. The fourth-order valence-corrected chi connectivity index (χ4v) is 6.09. The molecule has 3 aromatic rings. The first-order valence-corrected chi connectivity index (χ1v) is 13.3. The number of aromatic nitrogens is 2. The molecule has 5 rings (SSSR count). The highest BCUT2D eigenvalue weighted by molar-refractivity contribution is 8.26. The van der Waals surface area contributed by atoms with Gasteiger partial charge in [0.1, 0.15) is 15.8 Å². The number of carbonyl (C=O) groups excluding carboxylic acids is 1. The van der Waals surface area contributed by atoms with E-state index < -0.39 is 0 Å². The topological polar surface area (TPSA) is 57.9 Å². The molecular formula is C27H28N4O2S2. The lowest BCUT2D eigenvalue weighted by Crippen LogP contribution is -2.37. The van der Waals surface area contributed by atoms with Crippen LogP contribution in [-0.2, 0) is 11.2 Å². The van der Waals surface area contributed by atoms with Crippen LogP contribution in [0.15, 0.2) is 64.4 Å². The summed E-state index contributed by atoms with van der Waals surface area (Å²) in [6.45, 7) is 4.25. The lowest BCUT2D eigenvalue weighted by molar-refractivity contribution is -0.122. The maximum atomic E-state index is 13.6. The van der Waals surface area contributed by atoms with Crippen molar-refractivity contribution in [3.05, 3.63) is 81.1 Å². The van der Waals surface area contributed by atoms with Crippen LogP contribution in [0.1, 0.15) is 37.3 Å². The van der Waals surface area contributed by atoms with Gasteiger partial charge in [0.15, 0.2) is 0 Å². The molecule has 0 radical (unpaired) electrons. The van der Waals surface area contributed by atoms with Crippen molar-refractivity contribution >= 4 is 51.7 Å². The lowest BCUT2D eigenvalue weighted by Gasteiger charge is -2.33. The van der Waals surface area contributed by atoms with Crippen LogP contribution in [0.4, 0.5) is 5.82 Å². The number of fused-ring (bicyclic) bond motifs is 1. The van der Waals surface area contributed by atoms with E-state index in [2.05, 4.69) is 29.2 Å². The van der Waals surface area contributed by atoms with E-state index in [0.717, 1.165) is 38.8 Å². The van der Waals surface area contributed by atoms with Gasteiger partial charge in [-0.25, -0.2) is 4.98 Å². The van der Waals surface area contributed by atoms with Gasteiger partial charge in [0.2, 0.25) is 0 Å². The van der Waals surface area contributed by atoms with Crippen LogP contribution in [0.2, 0.25) is 0 Å². The van der Waals surface area contributed by atoms with Gasteiger partial charge in [0.05, 0.1) is 10.5 Å². The zero-order chi connectivity index (χ0) is 24.4. The number of nitrogens with zero attached hydrogens (tertiary/aromatic N) is 4. The first kappa shape index (κ1) is 23.8. The van der Waals surface area contributed by atoms with Gasteiger partial charge in [-0.05, 0) is 55.4 Å². The number of hydrogen-bond donors (Lipinski definition) is 0. The fraction of sp³-hybridized carbons (Fsp3) is 0.333. The number of thioether (sulfide) groups is 1. The Kier molecular flexibility index (Phi) is 7.02. The molecule has 6 nitrogen and oxygen atoms in total. The Bertz CT molecular complexity index is 1340. The standard InChI is InChI=1S/C27H28N4O2S2/c1-2-13-31-26(33)22(35-27(31)34)18-21-24(28-23-10-6-7-14-30(23)25(21)32)29-15-11-20(12-16-29)17-19-8-4-3-5-9-19/h3-10,14,18,20H,2,11-13,15-17H2,1H3/b22-18-. The van der Waals surface area contributed by atoms with Crippen molar-refractivity contribution < 1.29 is 4.79 Å². The number of anilines is 1. The third-order valence-electron chi connectivity index (χ3n) is 6.63. The van der Waals surface area contributed by atoms with Crippen molar-refractivity contribution in [3.63, 3.8) is 0 Å². The average molecular weight is 505 g/mol. The first-order chi connectivity index (χ1) is 17.0. The number of hydrogen-bond acceptors (Lipinski definition) is 6. The summed E-state index contributed by atoms with van der Waals surface area (Å²) in [5.74, 6) is 1.12. The van der Waals surface area contributed by atoms with Gasteiger partial charge in [0.25, 0.3) is 11.5 Å². The predicted molar refractivity (Wildman–Crippen MR) is 147 cm³/mol. The van der Waals surface area contributed by atoms with Gasteiger partial charge in [-0.3, -0.25) is 18.9 Å². The Labute approximate surface area is 214 Å². The summed E-state index contributed by atoms with van der Waals surface area (Å²) in [6, 6.07) is 16.1. The summed E-state index contributed by atoms with van der Waals surface area (Å²) in [5, 5.41) is 0. The number of pyridine rings is 1. The highest BCUT2D eigenvalue weighted by Crippen LogP contribution is 2.34. The van der Waals surface area contributed by atoms with Crippen LogP contribution in [-0.4, -0.2) is 44.1 Å². The van der Waals surface area contributed by atoms with Crippen LogP contribution in [0.5, 0.6) is 0 Å². The molecular weight excluding hydrogens is 476 g/mol. The zero-order valence-corrected chi connectivity index (χ0v) is 21.4. The van der Waals surface area contributed by atoms with Gasteiger partial charge in [0, 0.05) is 25.8 Å². The van der Waals surface area contributed by atoms with Crippen molar-refractivity contribution in [3.8, 4) is 0 Å². The quantitative estimate of drug-likeness (QED) is 0.356. The minimum atomic E-state index is -0.169. The summed E-state index contributed by atoms with van der Waals surface area (Å²) in [6.07, 6.45) is 7.37. The third-order valence-corrected chi connectivity index (χ3v) is 8.00. The SMILES string of the molecule is CCCN1C(=O)/C(=C/c2c(N3CCC(Cc4ccccc4)CC3)nc3ccccn3c2=O)SC1=S. The van der Waals surface area contributed by atoms with E-state index in [9.17, 15) is 9.59 Å². The Morgan fingerprint density at radius 3 is 2.57 bits per heavy atom. The Morgan fingerprint density at radius 1 is 1.09 bits per heavy atom. The van der Waals surface area contributed by atoms with Crippen LogP contribution in [0.25, 0.3) is 11.7 Å². The molecule has 4 heterocycles. The second-order valence-corrected chi connectivity index (χ2v) is 10.7. The molecule has 1 aromatic carbocycles. The second kappa shape index (κ2) is 10.3. The molecule has 2 fully saturated rings. The van der Waals surface area contributed by atoms with E-state index in [-0.39, 0.29) is 11.5 Å². The molecule has 2 aliphatic rings. The summed E-state index contributed by atoms with van der Waals surface area (Å²) >= 11 is 6.69. The lowest BCUT2D eigenvalue weighted by atomic mass is 9.90. The molecule has 2 aliphatic heterocycles. The van der Waals surface area contributed by atoms with Crippen molar-refractivity contribution in [1.82, 2.24) is 14.3 Å². The third kappa shape index (κ3) is 4.90. The fourth-order valence-electron chi connectivity index (χ4n) is 4.80. The van der Waals surface area contributed by atoms with E-state index in [1.165, 1.54) is 17.3 Å². The van der Waals surface area contributed by atoms with Crippen LogP contribution < -0.4 is 10.5 Å². The molecule has 0 spiro atoms. The summed E-state index contributed by atoms with van der Waals surface area (Å²) in [7, 11) is 0. The molecule has 0 unspecified atom stereocenters. The minimum absolute atomic E-state index is 0.132. The normalized spacial score (nSPS) is 18.3. The Morgan fingerprint density at radius 2 is 1.83 bits per heavy atom. The largest absolute Gasteiger partial charge is 0.356 e. The molecule has 0 atom stereocenters. The van der Waals surface area contributed by atoms with E-state index in [1.54, 1.807) is 21.6 Å². The smallest absolute Gasteiger partial charge is 0.267 e. The zero-order valence-electron chi connectivity index (χ0n) is 19.7. The molecule has 0 saturated carbocycles. The average Bonchev–Trinajstić information content (AvgIpc) is 3.14. The second-order valence-electron chi connectivity index (χ2n) is 9.04. The van der Waals surface area contributed by atoms with E-state index >= 15 is 0 Å². The summed E-state index contributed by atoms with van der Waals surface area (Å²) in [5.41, 5.74) is 2.25. The highest BCUT2D eigenvalue weighted by atomic mass is 32.2. The molecule has 0 aliphatic carbocycles. The van der Waals surface area contributed by atoms with Gasteiger partial charge < -0.3 is 4.90 Å². The number of thiocarbonyl (C=S) groups is 1. The minimum Gasteiger partial charge on any atom is -0.356 e. The van der Waals surface area contributed by atoms with Crippen LogP contribution in [0.3, 0.4) is 0 Å². The maximum Gasteiger partial charge on any atom is 0.267 e. The van der Waals surface area contributed by atoms with Crippen molar-refractivity contribution in [1.29, 1.82) is 0 Å². The van der Waals surface area contributed by atoms with Crippen LogP contribution >= 0.6 is 24.0 Å². The first-order valence-electron chi connectivity index (χ1n) is 12.1. The van der Waals surface area contributed by atoms with Crippen molar-refractivity contribution in [2.75, 3.05) is 24.5 Å². The van der Waals surface area contributed by atoms with E-state index in [4.69, 9.17) is 17.2 Å². The molecule has 8 heteroatoms.